The Hall–Kier alpha value is -2.69. The number of methoxy groups -OCH3 is 1. The van der Waals surface area contributed by atoms with Crippen molar-refractivity contribution in [2.75, 3.05) is 12.0 Å². The molecule has 1 aromatic carbocycles. The van der Waals surface area contributed by atoms with Gasteiger partial charge in [-0.25, -0.2) is 9.69 Å². The van der Waals surface area contributed by atoms with Gasteiger partial charge in [-0.1, -0.05) is 23.3 Å². The second kappa shape index (κ2) is 5.41. The van der Waals surface area contributed by atoms with Gasteiger partial charge in [0.2, 0.25) is 11.8 Å². The van der Waals surface area contributed by atoms with E-state index < -0.39 is 5.97 Å². The molecule has 25 heavy (non-hydrogen) atoms. The van der Waals surface area contributed by atoms with Crippen molar-refractivity contribution in [3.63, 3.8) is 0 Å². The van der Waals surface area contributed by atoms with Gasteiger partial charge in [0.05, 0.1) is 30.2 Å². The van der Waals surface area contributed by atoms with Crippen molar-refractivity contribution in [2.24, 2.45) is 23.7 Å². The molecule has 0 spiro atoms. The Balaban J connectivity index is 1.68. The van der Waals surface area contributed by atoms with Crippen molar-refractivity contribution in [2.45, 2.75) is 13.8 Å². The van der Waals surface area contributed by atoms with Gasteiger partial charge in [0, 0.05) is 11.8 Å². The van der Waals surface area contributed by atoms with E-state index in [1.165, 1.54) is 23.2 Å². The van der Waals surface area contributed by atoms with Gasteiger partial charge in [0.15, 0.2) is 0 Å². The van der Waals surface area contributed by atoms with E-state index in [-0.39, 0.29) is 35.5 Å². The Kier molecular flexibility index (Phi) is 3.42. The second-order valence-corrected chi connectivity index (χ2v) is 6.99. The fourth-order valence-electron chi connectivity index (χ4n) is 4.55. The van der Waals surface area contributed by atoms with Gasteiger partial charge in [0.1, 0.15) is 0 Å². The highest BCUT2D eigenvalue weighted by Crippen LogP contribution is 2.57. The number of hydrogen-bond acceptors (Lipinski definition) is 4. The van der Waals surface area contributed by atoms with Crippen LogP contribution >= 0.6 is 0 Å². The van der Waals surface area contributed by atoms with E-state index in [4.69, 9.17) is 0 Å². The minimum Gasteiger partial charge on any atom is -0.465 e. The smallest absolute Gasteiger partial charge is 0.337 e. The normalized spacial score (nSPS) is 29.4. The minimum absolute atomic E-state index is 0.0378. The summed E-state index contributed by atoms with van der Waals surface area (Å²) in [6.45, 7) is 4.09. The molecule has 3 aliphatic rings. The van der Waals surface area contributed by atoms with Crippen molar-refractivity contribution in [3.8, 4) is 0 Å². The van der Waals surface area contributed by atoms with Crippen LogP contribution in [0, 0.1) is 23.7 Å². The monoisotopic (exact) mass is 337 g/mol. The molecule has 128 valence electrons. The largest absolute Gasteiger partial charge is 0.465 e. The van der Waals surface area contributed by atoms with Crippen LogP contribution in [-0.4, -0.2) is 24.9 Å². The molecule has 1 saturated carbocycles. The van der Waals surface area contributed by atoms with Crippen LogP contribution in [0.5, 0.6) is 0 Å². The Morgan fingerprint density at radius 3 is 1.92 bits per heavy atom. The molecule has 4 rings (SSSR count). The summed E-state index contributed by atoms with van der Waals surface area (Å²) in [6, 6.07) is 6.40. The van der Waals surface area contributed by atoms with Crippen molar-refractivity contribution in [3.05, 3.63) is 53.1 Å². The molecule has 0 radical (unpaired) electrons. The highest BCUT2D eigenvalue weighted by molar-refractivity contribution is 6.23. The van der Waals surface area contributed by atoms with E-state index in [1.807, 2.05) is 13.8 Å². The van der Waals surface area contributed by atoms with E-state index in [2.05, 4.69) is 16.9 Å². The maximum Gasteiger partial charge on any atom is 0.337 e. The molecule has 2 bridgehead atoms. The zero-order chi connectivity index (χ0) is 17.9. The average Bonchev–Trinajstić information content (AvgIpc) is 3.24. The molecule has 0 aromatic heterocycles. The maximum atomic E-state index is 13.0. The molecule has 1 aliphatic heterocycles. The van der Waals surface area contributed by atoms with Crippen molar-refractivity contribution in [1.82, 2.24) is 0 Å². The number of anilines is 1. The molecule has 4 atom stereocenters. The van der Waals surface area contributed by atoms with Crippen molar-refractivity contribution >= 4 is 23.5 Å². The van der Waals surface area contributed by atoms with E-state index in [9.17, 15) is 14.4 Å². The first-order chi connectivity index (χ1) is 12.0. The maximum absolute atomic E-state index is 13.0. The molecule has 2 aliphatic carbocycles. The summed E-state index contributed by atoms with van der Waals surface area (Å²) >= 11 is 0. The number of hydrogen-bond donors (Lipinski definition) is 0. The zero-order valence-electron chi connectivity index (χ0n) is 14.4. The average molecular weight is 337 g/mol. The van der Waals surface area contributed by atoms with Gasteiger partial charge >= 0.3 is 5.97 Å². The summed E-state index contributed by atoms with van der Waals surface area (Å²) < 4.78 is 4.68. The molecular formula is C20H19NO4. The summed E-state index contributed by atoms with van der Waals surface area (Å²) in [6.07, 6.45) is 4.15. The van der Waals surface area contributed by atoms with Crippen LogP contribution in [0.2, 0.25) is 0 Å². The lowest BCUT2D eigenvalue weighted by Gasteiger charge is -2.19. The number of fused-ring (bicyclic) bond motifs is 5. The lowest BCUT2D eigenvalue weighted by atomic mass is 9.85. The zero-order valence-corrected chi connectivity index (χ0v) is 14.4. The summed E-state index contributed by atoms with van der Waals surface area (Å²) in [4.78, 5) is 38.8. The number of ether oxygens (including phenoxy) is 1. The third-order valence-electron chi connectivity index (χ3n) is 5.54. The number of esters is 1. The molecule has 1 heterocycles. The molecule has 0 unspecified atom stereocenters. The fraction of sp³-hybridized carbons (Fsp3) is 0.350. The van der Waals surface area contributed by atoms with Gasteiger partial charge in [-0.15, -0.1) is 0 Å². The van der Waals surface area contributed by atoms with Crippen molar-refractivity contribution in [1.29, 1.82) is 0 Å². The molecule has 2 amide bonds. The number of rotatable bonds is 2. The van der Waals surface area contributed by atoms with Crippen LogP contribution in [0.1, 0.15) is 24.2 Å². The van der Waals surface area contributed by atoms with Crippen LogP contribution in [0.15, 0.2) is 47.6 Å². The number of imide groups is 1. The van der Waals surface area contributed by atoms with Gasteiger partial charge in [0.25, 0.3) is 0 Å². The topological polar surface area (TPSA) is 63.7 Å². The van der Waals surface area contributed by atoms with Crippen LogP contribution in [0.4, 0.5) is 5.69 Å². The SMILES string of the molecule is COC(=O)c1ccc(N2C(=O)[C@@H]3[C@@H](C2=O)[C@H]2C=C[C@@H]3C2=C(C)C)cc1. The highest BCUT2D eigenvalue weighted by atomic mass is 16.5. The number of nitrogens with zero attached hydrogens (tertiary/aromatic N) is 1. The van der Waals surface area contributed by atoms with Gasteiger partial charge in [-0.2, -0.15) is 0 Å². The number of amides is 2. The molecule has 2 fully saturated rings. The van der Waals surface area contributed by atoms with Gasteiger partial charge < -0.3 is 4.74 Å². The molecular weight excluding hydrogens is 318 g/mol. The first-order valence-electron chi connectivity index (χ1n) is 8.37. The van der Waals surface area contributed by atoms with Crippen LogP contribution in [0.25, 0.3) is 0 Å². The summed E-state index contributed by atoms with van der Waals surface area (Å²) in [7, 11) is 1.31. The second-order valence-electron chi connectivity index (χ2n) is 6.99. The van der Waals surface area contributed by atoms with E-state index in [1.54, 1.807) is 24.3 Å². The molecule has 5 nitrogen and oxygen atoms in total. The van der Waals surface area contributed by atoms with E-state index >= 15 is 0 Å². The predicted octanol–water partition coefficient (Wildman–Crippen LogP) is 2.73. The van der Waals surface area contributed by atoms with Gasteiger partial charge in [-0.3, -0.25) is 9.59 Å². The van der Waals surface area contributed by atoms with Crippen LogP contribution in [-0.2, 0) is 14.3 Å². The quantitative estimate of drug-likeness (QED) is 0.473. The Morgan fingerprint density at radius 2 is 1.48 bits per heavy atom. The Labute approximate surface area is 146 Å². The van der Waals surface area contributed by atoms with Crippen LogP contribution in [0.3, 0.4) is 0 Å². The number of carbonyl (C=O) groups excluding carboxylic acids is 3. The first-order valence-corrected chi connectivity index (χ1v) is 8.37. The first kappa shape index (κ1) is 15.8. The lowest BCUT2D eigenvalue weighted by Crippen LogP contribution is -2.33. The standard InChI is InChI=1S/C20H19NO4/c1-10(2)15-13-8-9-14(15)17-16(13)18(22)21(19(17)23)12-6-4-11(5-7-12)20(24)25-3/h4-9,13-14,16-17H,1-3H3/t13-,14+,16-,17-/m0/s1. The number of benzene rings is 1. The fourth-order valence-corrected chi connectivity index (χ4v) is 4.55. The Bertz CT molecular complexity index is 811. The summed E-state index contributed by atoms with van der Waals surface area (Å²) in [5.74, 6) is -1.25. The highest BCUT2D eigenvalue weighted by Gasteiger charge is 2.61. The third-order valence-corrected chi connectivity index (χ3v) is 5.54. The number of allylic oxidation sites excluding steroid dienone is 4. The molecule has 5 heteroatoms. The Morgan fingerprint density at radius 1 is 0.960 bits per heavy atom. The van der Waals surface area contributed by atoms with Gasteiger partial charge in [-0.05, 0) is 38.1 Å². The lowest BCUT2D eigenvalue weighted by molar-refractivity contribution is -0.122. The minimum atomic E-state index is -0.446. The van der Waals surface area contributed by atoms with Crippen LogP contribution < -0.4 is 4.90 Å². The third kappa shape index (κ3) is 2.05. The van der Waals surface area contributed by atoms with Crippen molar-refractivity contribution < 1.29 is 19.1 Å². The summed E-state index contributed by atoms with van der Waals surface area (Å²) in [5, 5.41) is 0. The summed E-state index contributed by atoms with van der Waals surface area (Å²) in [5.41, 5.74) is 3.33. The molecule has 1 saturated heterocycles. The molecule has 0 N–H and O–H groups in total. The number of carbonyl (C=O) groups is 3. The van der Waals surface area contributed by atoms with E-state index in [0.717, 1.165) is 0 Å². The predicted molar refractivity (Wildman–Crippen MR) is 91.7 cm³/mol. The molecule has 1 aromatic rings. The van der Waals surface area contributed by atoms with E-state index in [0.29, 0.717) is 11.3 Å².